The molecule has 1 aliphatic heterocycles. The number of sulfonamides is 1. The number of amides is 1. The maximum Gasteiger partial charge on any atom is 0.247 e. The lowest BCUT2D eigenvalue weighted by Crippen LogP contribution is -2.45. The molecule has 7 nitrogen and oxygen atoms in total. The van der Waals surface area contributed by atoms with E-state index in [0.29, 0.717) is 23.9 Å². The maximum absolute atomic E-state index is 12.8. The Bertz CT molecular complexity index is 1010. The van der Waals surface area contributed by atoms with Crippen LogP contribution in [0.15, 0.2) is 42.5 Å². The first kappa shape index (κ1) is 22.7. The second-order valence-corrected chi connectivity index (χ2v) is 9.64. The predicted molar refractivity (Wildman–Crippen MR) is 121 cm³/mol. The van der Waals surface area contributed by atoms with Crippen molar-refractivity contribution in [2.24, 2.45) is 0 Å². The highest BCUT2D eigenvalue weighted by atomic mass is 35.5. The van der Waals surface area contributed by atoms with Crippen molar-refractivity contribution in [3.05, 3.63) is 52.5 Å². The van der Waals surface area contributed by atoms with E-state index in [4.69, 9.17) is 27.9 Å². The molecule has 0 radical (unpaired) electrons. The number of hydrogen-bond acceptors (Lipinski definition) is 5. The van der Waals surface area contributed by atoms with Crippen LogP contribution >= 0.6 is 23.2 Å². The van der Waals surface area contributed by atoms with Gasteiger partial charge in [0.1, 0.15) is 6.04 Å². The van der Waals surface area contributed by atoms with Crippen LogP contribution in [0.1, 0.15) is 6.92 Å². The Morgan fingerprint density at radius 1 is 1.10 bits per heavy atom. The van der Waals surface area contributed by atoms with Gasteiger partial charge >= 0.3 is 0 Å². The number of hydrogen-bond donors (Lipinski definition) is 1. The molecule has 1 N–H and O–H groups in total. The van der Waals surface area contributed by atoms with E-state index in [9.17, 15) is 13.2 Å². The molecular formula is C20H23Cl2N3O4S. The van der Waals surface area contributed by atoms with Gasteiger partial charge in [0.15, 0.2) is 0 Å². The molecule has 1 atom stereocenters. The van der Waals surface area contributed by atoms with Crippen molar-refractivity contribution in [3.8, 4) is 0 Å². The van der Waals surface area contributed by atoms with E-state index in [0.717, 1.165) is 29.3 Å². The van der Waals surface area contributed by atoms with Gasteiger partial charge in [0, 0.05) is 24.5 Å². The second-order valence-electron chi connectivity index (χ2n) is 6.97. The molecule has 10 heteroatoms. The summed E-state index contributed by atoms with van der Waals surface area (Å²) in [5.41, 5.74) is 1.88. The van der Waals surface area contributed by atoms with E-state index in [-0.39, 0.29) is 10.7 Å². The minimum atomic E-state index is -3.75. The van der Waals surface area contributed by atoms with Gasteiger partial charge in [0.25, 0.3) is 0 Å². The van der Waals surface area contributed by atoms with Crippen molar-refractivity contribution < 1.29 is 17.9 Å². The third kappa shape index (κ3) is 5.37. The van der Waals surface area contributed by atoms with E-state index < -0.39 is 22.0 Å². The van der Waals surface area contributed by atoms with E-state index in [1.165, 1.54) is 25.1 Å². The topological polar surface area (TPSA) is 79.0 Å². The Labute approximate surface area is 186 Å². The van der Waals surface area contributed by atoms with E-state index in [1.54, 1.807) is 12.1 Å². The van der Waals surface area contributed by atoms with Crippen molar-refractivity contribution in [2.45, 2.75) is 13.0 Å². The van der Waals surface area contributed by atoms with Crippen LogP contribution in [0, 0.1) is 0 Å². The molecule has 1 fully saturated rings. The summed E-state index contributed by atoms with van der Waals surface area (Å²) < 4.78 is 31.2. The molecule has 1 saturated heterocycles. The Balaban J connectivity index is 1.76. The van der Waals surface area contributed by atoms with Crippen molar-refractivity contribution in [2.75, 3.05) is 47.1 Å². The summed E-state index contributed by atoms with van der Waals surface area (Å²) in [6.07, 6.45) is 1.04. The number of morpholine rings is 1. The lowest BCUT2D eigenvalue weighted by Gasteiger charge is -2.29. The number of anilines is 3. The molecule has 1 amide bonds. The first-order valence-electron chi connectivity index (χ1n) is 9.35. The molecule has 162 valence electrons. The van der Waals surface area contributed by atoms with Crippen LogP contribution in [0.4, 0.5) is 17.1 Å². The van der Waals surface area contributed by atoms with Gasteiger partial charge in [-0.2, -0.15) is 0 Å². The predicted octanol–water partition coefficient (Wildman–Crippen LogP) is 3.62. The van der Waals surface area contributed by atoms with E-state index >= 15 is 0 Å². The molecule has 0 aromatic heterocycles. The third-order valence-corrected chi connectivity index (χ3v) is 6.74. The van der Waals surface area contributed by atoms with Crippen molar-refractivity contribution in [1.82, 2.24) is 0 Å². The molecule has 3 rings (SSSR count). The summed E-state index contributed by atoms with van der Waals surface area (Å²) >= 11 is 12.0. The average molecular weight is 472 g/mol. The summed E-state index contributed by atoms with van der Waals surface area (Å²) in [6, 6.07) is 10.8. The van der Waals surface area contributed by atoms with Crippen molar-refractivity contribution in [1.29, 1.82) is 0 Å². The molecule has 1 aliphatic rings. The highest BCUT2D eigenvalue weighted by Gasteiger charge is 2.29. The lowest BCUT2D eigenvalue weighted by atomic mass is 10.2. The normalized spacial score (nSPS) is 15.5. The molecule has 0 aliphatic carbocycles. The number of nitrogens with one attached hydrogen (secondary N) is 1. The third-order valence-electron chi connectivity index (χ3n) is 4.76. The molecule has 1 heterocycles. The van der Waals surface area contributed by atoms with Gasteiger partial charge in [-0.05, 0) is 49.4 Å². The number of rotatable bonds is 6. The smallest absolute Gasteiger partial charge is 0.247 e. The van der Waals surface area contributed by atoms with Gasteiger partial charge in [0.05, 0.1) is 35.2 Å². The highest BCUT2D eigenvalue weighted by molar-refractivity contribution is 7.92. The molecule has 0 spiro atoms. The van der Waals surface area contributed by atoms with Crippen LogP contribution < -0.4 is 14.5 Å². The molecule has 0 bridgehead atoms. The zero-order valence-electron chi connectivity index (χ0n) is 16.6. The fraction of sp³-hybridized carbons (Fsp3) is 0.350. The molecule has 30 heavy (non-hydrogen) atoms. The van der Waals surface area contributed by atoms with E-state index in [2.05, 4.69) is 10.2 Å². The summed E-state index contributed by atoms with van der Waals surface area (Å²) in [6.45, 7) is 4.52. The monoisotopic (exact) mass is 471 g/mol. The molecule has 2 aromatic carbocycles. The average Bonchev–Trinajstić information content (AvgIpc) is 2.71. The number of carbonyl (C=O) groups is 1. The quantitative estimate of drug-likeness (QED) is 0.695. The maximum atomic E-state index is 12.8. The Morgan fingerprint density at radius 3 is 2.30 bits per heavy atom. The molecule has 2 aromatic rings. The van der Waals surface area contributed by atoms with Gasteiger partial charge in [0.2, 0.25) is 15.9 Å². The number of halogens is 2. The fourth-order valence-corrected chi connectivity index (χ4v) is 4.71. The van der Waals surface area contributed by atoms with Crippen LogP contribution in [0.25, 0.3) is 0 Å². The number of nitrogens with zero attached hydrogens (tertiary/aromatic N) is 2. The molecule has 0 unspecified atom stereocenters. The minimum Gasteiger partial charge on any atom is -0.378 e. The standard InChI is InChI=1S/C20H23Cl2N3O4S/c1-14(25(30(2,27)28)17-7-8-18(21)19(22)13-17)20(26)23-15-3-5-16(6-4-15)24-9-11-29-12-10-24/h3-8,13-14H,9-12H2,1-2H3,(H,23,26)/t14-/m0/s1. The molecule has 0 saturated carbocycles. The zero-order chi connectivity index (χ0) is 21.9. The van der Waals surface area contributed by atoms with Crippen molar-refractivity contribution >= 4 is 56.2 Å². The first-order valence-corrected chi connectivity index (χ1v) is 12.0. The van der Waals surface area contributed by atoms with Gasteiger partial charge in [-0.15, -0.1) is 0 Å². The van der Waals surface area contributed by atoms with Crippen LogP contribution in [-0.2, 0) is 19.6 Å². The first-order chi connectivity index (χ1) is 14.2. The summed E-state index contributed by atoms with van der Waals surface area (Å²) in [5.74, 6) is -0.467. The van der Waals surface area contributed by atoms with Crippen LogP contribution in [0.3, 0.4) is 0 Å². The Hall–Kier alpha value is -2.00. The fourth-order valence-electron chi connectivity index (χ4n) is 3.25. The van der Waals surface area contributed by atoms with Crippen LogP contribution in [0.5, 0.6) is 0 Å². The van der Waals surface area contributed by atoms with Gasteiger partial charge in [-0.25, -0.2) is 8.42 Å². The number of ether oxygens (including phenoxy) is 1. The van der Waals surface area contributed by atoms with Gasteiger partial charge in [-0.3, -0.25) is 9.10 Å². The number of benzene rings is 2. The highest BCUT2D eigenvalue weighted by Crippen LogP contribution is 2.30. The zero-order valence-corrected chi connectivity index (χ0v) is 19.0. The minimum absolute atomic E-state index is 0.203. The van der Waals surface area contributed by atoms with Gasteiger partial charge < -0.3 is 15.0 Å². The van der Waals surface area contributed by atoms with Crippen LogP contribution in [0.2, 0.25) is 10.0 Å². The summed E-state index contributed by atoms with van der Waals surface area (Å²) in [4.78, 5) is 15.0. The largest absolute Gasteiger partial charge is 0.378 e. The number of carbonyl (C=O) groups excluding carboxylic acids is 1. The van der Waals surface area contributed by atoms with Gasteiger partial charge in [-0.1, -0.05) is 23.2 Å². The van der Waals surface area contributed by atoms with E-state index in [1.807, 2.05) is 12.1 Å². The summed E-state index contributed by atoms with van der Waals surface area (Å²) in [7, 11) is -3.75. The van der Waals surface area contributed by atoms with Crippen LogP contribution in [-0.4, -0.2) is 52.9 Å². The van der Waals surface area contributed by atoms with Crippen molar-refractivity contribution in [3.63, 3.8) is 0 Å². The Morgan fingerprint density at radius 2 is 1.73 bits per heavy atom. The SMILES string of the molecule is C[C@@H](C(=O)Nc1ccc(N2CCOCC2)cc1)N(c1ccc(Cl)c(Cl)c1)S(C)(=O)=O. The molecular weight excluding hydrogens is 449 g/mol. The second kappa shape index (κ2) is 9.43. The Kier molecular flexibility index (Phi) is 7.13. The lowest BCUT2D eigenvalue weighted by molar-refractivity contribution is -0.116. The summed E-state index contributed by atoms with van der Waals surface area (Å²) in [5, 5.41) is 3.27.